The highest BCUT2D eigenvalue weighted by atomic mass is 16.7. The molecule has 0 aromatic heterocycles. The number of carbonyl (C=O) groups excluding carboxylic acids is 1. The van der Waals surface area contributed by atoms with Gasteiger partial charge in [-0.25, -0.2) is 0 Å². The minimum Gasteiger partial charge on any atom is -0.497 e. The number of rotatable bonds is 3. The molecule has 0 spiro atoms. The highest BCUT2D eigenvalue weighted by Crippen LogP contribution is 2.29. The maximum atomic E-state index is 10.8. The molecule has 0 bridgehead atoms. The van der Waals surface area contributed by atoms with Crippen molar-refractivity contribution >= 4 is 6.29 Å². The molecule has 1 aromatic rings. The molecule has 0 unspecified atom stereocenters. The van der Waals surface area contributed by atoms with E-state index in [-0.39, 0.29) is 5.92 Å². The molecule has 2 rings (SSSR count). The summed E-state index contributed by atoms with van der Waals surface area (Å²) in [6, 6.07) is 7.44. The molecule has 1 saturated heterocycles. The normalized spacial score (nSPS) is 28.7. The van der Waals surface area contributed by atoms with Crippen molar-refractivity contribution < 1.29 is 19.0 Å². The van der Waals surface area contributed by atoms with Crippen LogP contribution < -0.4 is 4.74 Å². The number of benzene rings is 1. The number of hydrogen-bond donors (Lipinski definition) is 0. The van der Waals surface area contributed by atoms with Crippen LogP contribution in [0.4, 0.5) is 0 Å². The van der Waals surface area contributed by atoms with Crippen LogP contribution in [0.5, 0.6) is 5.75 Å². The lowest BCUT2D eigenvalue weighted by Gasteiger charge is -2.32. The molecule has 92 valence electrons. The lowest BCUT2D eigenvalue weighted by molar-refractivity contribution is -0.230. The first kappa shape index (κ1) is 12.1. The largest absolute Gasteiger partial charge is 0.497 e. The van der Waals surface area contributed by atoms with Gasteiger partial charge < -0.3 is 19.0 Å². The summed E-state index contributed by atoms with van der Waals surface area (Å²) >= 11 is 0. The Bertz CT molecular complexity index is 374. The van der Waals surface area contributed by atoms with E-state index in [0.29, 0.717) is 6.61 Å². The molecule has 1 aliphatic heterocycles. The lowest BCUT2D eigenvalue weighted by atomic mass is 10.1. The zero-order valence-corrected chi connectivity index (χ0v) is 9.96. The van der Waals surface area contributed by atoms with Crippen LogP contribution in [-0.4, -0.2) is 26.1 Å². The van der Waals surface area contributed by atoms with E-state index in [1.165, 1.54) is 0 Å². The fourth-order valence-corrected chi connectivity index (χ4v) is 1.75. The van der Waals surface area contributed by atoms with E-state index < -0.39 is 12.4 Å². The van der Waals surface area contributed by atoms with E-state index in [1.54, 1.807) is 7.11 Å². The van der Waals surface area contributed by atoms with Crippen LogP contribution in [0.1, 0.15) is 18.8 Å². The molecular weight excluding hydrogens is 220 g/mol. The number of carbonyl (C=O) groups is 1. The molecule has 1 aliphatic rings. The molecule has 0 saturated carbocycles. The number of aldehydes is 1. The molecule has 1 fully saturated rings. The predicted molar refractivity (Wildman–Crippen MR) is 61.8 cm³/mol. The van der Waals surface area contributed by atoms with Crippen molar-refractivity contribution in [1.29, 1.82) is 0 Å². The Hall–Kier alpha value is -1.39. The van der Waals surface area contributed by atoms with Crippen LogP contribution >= 0.6 is 0 Å². The average molecular weight is 236 g/mol. The molecule has 0 N–H and O–H groups in total. The van der Waals surface area contributed by atoms with Gasteiger partial charge in [-0.15, -0.1) is 0 Å². The first-order valence-electron chi connectivity index (χ1n) is 5.61. The quantitative estimate of drug-likeness (QED) is 0.752. The number of methoxy groups -OCH3 is 1. The van der Waals surface area contributed by atoms with Crippen molar-refractivity contribution in [3.8, 4) is 5.75 Å². The second-order valence-corrected chi connectivity index (χ2v) is 4.15. The molecule has 4 nitrogen and oxygen atoms in total. The third-order valence-electron chi connectivity index (χ3n) is 2.87. The predicted octanol–water partition coefficient (Wildman–Crippen LogP) is 1.94. The summed E-state index contributed by atoms with van der Waals surface area (Å²) in [6.45, 7) is 2.46. The van der Waals surface area contributed by atoms with Crippen molar-refractivity contribution in [2.75, 3.05) is 13.7 Å². The molecule has 17 heavy (non-hydrogen) atoms. The third-order valence-corrected chi connectivity index (χ3v) is 2.87. The highest BCUT2D eigenvalue weighted by Gasteiger charge is 2.29. The zero-order valence-electron chi connectivity index (χ0n) is 9.96. The molecule has 1 heterocycles. The Balaban J connectivity index is 2.09. The van der Waals surface area contributed by atoms with Gasteiger partial charge in [0.2, 0.25) is 0 Å². The molecule has 0 radical (unpaired) electrons. The van der Waals surface area contributed by atoms with Crippen LogP contribution in [0.25, 0.3) is 0 Å². The Kier molecular flexibility index (Phi) is 3.76. The van der Waals surface area contributed by atoms with Crippen molar-refractivity contribution in [2.24, 2.45) is 5.92 Å². The van der Waals surface area contributed by atoms with Crippen molar-refractivity contribution in [3.05, 3.63) is 29.8 Å². The second kappa shape index (κ2) is 5.29. The fourth-order valence-electron chi connectivity index (χ4n) is 1.75. The van der Waals surface area contributed by atoms with E-state index in [9.17, 15) is 4.79 Å². The summed E-state index contributed by atoms with van der Waals surface area (Å²) in [5.74, 6) is 0.881. The molecule has 4 heteroatoms. The van der Waals surface area contributed by atoms with Crippen LogP contribution in [0.3, 0.4) is 0 Å². The summed E-state index contributed by atoms with van der Waals surface area (Å²) in [7, 11) is 1.62. The van der Waals surface area contributed by atoms with E-state index in [4.69, 9.17) is 14.2 Å². The first-order chi connectivity index (χ1) is 8.24. The summed E-state index contributed by atoms with van der Waals surface area (Å²) in [5.41, 5.74) is 0.893. The van der Waals surface area contributed by atoms with Crippen molar-refractivity contribution in [2.45, 2.75) is 19.3 Å². The van der Waals surface area contributed by atoms with E-state index >= 15 is 0 Å². The van der Waals surface area contributed by atoms with Crippen LogP contribution in [0.2, 0.25) is 0 Å². The molecule has 0 amide bonds. The van der Waals surface area contributed by atoms with Gasteiger partial charge in [0.1, 0.15) is 18.1 Å². The Labute approximate surface area is 100 Å². The van der Waals surface area contributed by atoms with Gasteiger partial charge in [-0.05, 0) is 12.1 Å². The van der Waals surface area contributed by atoms with E-state index in [2.05, 4.69) is 0 Å². The molecule has 3 atom stereocenters. The van der Waals surface area contributed by atoms with Gasteiger partial charge in [0.05, 0.1) is 13.7 Å². The summed E-state index contributed by atoms with van der Waals surface area (Å²) in [4.78, 5) is 10.8. The number of ether oxygens (including phenoxy) is 3. The standard InChI is InChI=1S/C13H16O4/c1-9-8-16-13(17-12(9)7-14)10-3-5-11(15-2)6-4-10/h3-7,9,12-13H,8H2,1-2H3/t9-,12-,13+/m0/s1. The average Bonchev–Trinajstić information content (AvgIpc) is 2.39. The Morgan fingerprint density at radius 1 is 1.35 bits per heavy atom. The van der Waals surface area contributed by atoms with Gasteiger partial charge in [-0.2, -0.15) is 0 Å². The second-order valence-electron chi connectivity index (χ2n) is 4.15. The number of hydrogen-bond acceptors (Lipinski definition) is 4. The van der Waals surface area contributed by atoms with Gasteiger partial charge in [0.15, 0.2) is 6.29 Å². The summed E-state index contributed by atoms with van der Waals surface area (Å²) < 4.78 is 16.2. The fraction of sp³-hybridized carbons (Fsp3) is 0.462. The minimum absolute atomic E-state index is 0.0991. The Morgan fingerprint density at radius 2 is 2.06 bits per heavy atom. The highest BCUT2D eigenvalue weighted by molar-refractivity contribution is 5.56. The van der Waals surface area contributed by atoms with E-state index in [1.807, 2.05) is 31.2 Å². The maximum Gasteiger partial charge on any atom is 0.184 e. The zero-order chi connectivity index (χ0) is 12.3. The van der Waals surface area contributed by atoms with Gasteiger partial charge >= 0.3 is 0 Å². The smallest absolute Gasteiger partial charge is 0.184 e. The van der Waals surface area contributed by atoms with Crippen LogP contribution in [-0.2, 0) is 14.3 Å². The van der Waals surface area contributed by atoms with Gasteiger partial charge in [0, 0.05) is 11.5 Å². The van der Waals surface area contributed by atoms with Crippen LogP contribution in [0.15, 0.2) is 24.3 Å². The van der Waals surface area contributed by atoms with Crippen molar-refractivity contribution in [3.63, 3.8) is 0 Å². The van der Waals surface area contributed by atoms with Gasteiger partial charge in [-0.3, -0.25) is 0 Å². The topological polar surface area (TPSA) is 44.8 Å². The minimum atomic E-state index is -0.465. The molecular formula is C13H16O4. The van der Waals surface area contributed by atoms with E-state index in [0.717, 1.165) is 17.6 Å². The lowest BCUT2D eigenvalue weighted by Crippen LogP contribution is -2.35. The summed E-state index contributed by atoms with van der Waals surface area (Å²) in [6.07, 6.45) is -0.0212. The van der Waals surface area contributed by atoms with Gasteiger partial charge in [0.25, 0.3) is 0 Å². The van der Waals surface area contributed by atoms with Crippen LogP contribution in [0, 0.1) is 5.92 Å². The molecule has 0 aliphatic carbocycles. The molecule has 1 aromatic carbocycles. The van der Waals surface area contributed by atoms with Crippen molar-refractivity contribution in [1.82, 2.24) is 0 Å². The first-order valence-corrected chi connectivity index (χ1v) is 5.61. The maximum absolute atomic E-state index is 10.8. The third kappa shape index (κ3) is 2.65. The van der Waals surface area contributed by atoms with Gasteiger partial charge in [-0.1, -0.05) is 19.1 Å². The Morgan fingerprint density at radius 3 is 2.65 bits per heavy atom. The SMILES string of the molecule is COc1ccc([C@@H]2OC[C@H](C)[C@H](C=O)O2)cc1. The monoisotopic (exact) mass is 236 g/mol. The summed E-state index contributed by atoms with van der Waals surface area (Å²) in [5, 5.41) is 0.